The summed E-state index contributed by atoms with van der Waals surface area (Å²) in [6.45, 7) is 3.07. The van der Waals surface area contributed by atoms with E-state index in [2.05, 4.69) is 5.32 Å². The van der Waals surface area contributed by atoms with E-state index in [0.29, 0.717) is 26.4 Å². The van der Waals surface area contributed by atoms with Crippen LogP contribution in [-0.4, -0.2) is 13.2 Å². The second-order valence-electron chi connectivity index (χ2n) is 6.64. The molecule has 0 fully saturated rings. The highest BCUT2D eigenvalue weighted by atomic mass is 19.1. The number of fused-ring (bicyclic) bond motifs is 1. The van der Waals surface area contributed by atoms with Crippen molar-refractivity contribution in [3.05, 3.63) is 89.2 Å². The van der Waals surface area contributed by atoms with Gasteiger partial charge in [0.2, 0.25) is 0 Å². The van der Waals surface area contributed by atoms with Crippen molar-refractivity contribution in [3.63, 3.8) is 0 Å². The van der Waals surface area contributed by atoms with E-state index in [-0.39, 0.29) is 5.82 Å². The van der Waals surface area contributed by atoms with E-state index in [4.69, 9.17) is 14.2 Å². The first-order chi connectivity index (χ1) is 13.8. The van der Waals surface area contributed by atoms with Gasteiger partial charge in [0.15, 0.2) is 11.5 Å². The largest absolute Gasteiger partial charge is 0.489 e. The van der Waals surface area contributed by atoms with E-state index in [1.165, 1.54) is 12.1 Å². The van der Waals surface area contributed by atoms with E-state index in [1.54, 1.807) is 12.1 Å². The van der Waals surface area contributed by atoms with Crippen LogP contribution < -0.4 is 19.5 Å². The van der Waals surface area contributed by atoms with E-state index in [1.807, 2.05) is 42.5 Å². The summed E-state index contributed by atoms with van der Waals surface area (Å²) in [4.78, 5) is 0. The lowest BCUT2D eigenvalue weighted by atomic mass is 10.2. The topological polar surface area (TPSA) is 39.7 Å². The Morgan fingerprint density at radius 1 is 0.750 bits per heavy atom. The molecular formula is C23H22FNO3. The van der Waals surface area contributed by atoms with Crippen LogP contribution in [0.5, 0.6) is 17.2 Å². The average Bonchev–Trinajstić information content (AvgIpc) is 2.74. The molecule has 0 saturated heterocycles. The molecule has 0 amide bonds. The second-order valence-corrected chi connectivity index (χ2v) is 6.64. The Labute approximate surface area is 163 Å². The van der Waals surface area contributed by atoms with Crippen LogP contribution in [0.25, 0.3) is 0 Å². The lowest BCUT2D eigenvalue weighted by Gasteiger charge is -2.19. The molecule has 4 nitrogen and oxygen atoms in total. The molecule has 1 aliphatic heterocycles. The van der Waals surface area contributed by atoms with Gasteiger partial charge in [0.05, 0.1) is 0 Å². The Bertz CT molecular complexity index is 910. The summed E-state index contributed by atoms with van der Waals surface area (Å²) >= 11 is 0. The van der Waals surface area contributed by atoms with Crippen LogP contribution in [0.1, 0.15) is 16.7 Å². The van der Waals surface area contributed by atoms with Gasteiger partial charge in [-0.1, -0.05) is 30.3 Å². The number of benzene rings is 3. The van der Waals surface area contributed by atoms with Gasteiger partial charge >= 0.3 is 0 Å². The first kappa shape index (κ1) is 18.3. The van der Waals surface area contributed by atoms with Gasteiger partial charge in [-0.2, -0.15) is 0 Å². The summed E-state index contributed by atoms with van der Waals surface area (Å²) in [7, 11) is 0. The third kappa shape index (κ3) is 4.81. The summed E-state index contributed by atoms with van der Waals surface area (Å²) in [6, 6.07) is 20.4. The molecule has 0 bridgehead atoms. The highest BCUT2D eigenvalue weighted by molar-refractivity contribution is 5.43. The van der Waals surface area contributed by atoms with E-state index < -0.39 is 0 Å². The zero-order valence-corrected chi connectivity index (χ0v) is 15.5. The molecule has 1 aliphatic rings. The third-order valence-corrected chi connectivity index (χ3v) is 4.51. The van der Waals surface area contributed by atoms with Crippen LogP contribution in [0.2, 0.25) is 0 Å². The minimum absolute atomic E-state index is 0.212. The van der Waals surface area contributed by atoms with Gasteiger partial charge in [-0.3, -0.25) is 0 Å². The van der Waals surface area contributed by atoms with Crippen molar-refractivity contribution in [2.75, 3.05) is 13.2 Å². The molecule has 0 aliphatic carbocycles. The molecular weight excluding hydrogens is 357 g/mol. The fourth-order valence-corrected chi connectivity index (χ4v) is 3.00. The van der Waals surface area contributed by atoms with E-state index >= 15 is 0 Å². The molecule has 3 aromatic carbocycles. The zero-order valence-electron chi connectivity index (χ0n) is 15.5. The third-order valence-electron chi connectivity index (χ3n) is 4.51. The Hall–Kier alpha value is -3.05. The molecule has 28 heavy (non-hydrogen) atoms. The van der Waals surface area contributed by atoms with Gasteiger partial charge in [-0.15, -0.1) is 0 Å². The second kappa shape index (κ2) is 8.76. The molecule has 1 N–H and O–H groups in total. The maximum absolute atomic E-state index is 12.9. The van der Waals surface area contributed by atoms with Crippen molar-refractivity contribution in [1.29, 1.82) is 0 Å². The molecule has 0 radical (unpaired) electrons. The molecule has 1 heterocycles. The monoisotopic (exact) mass is 379 g/mol. The molecule has 4 rings (SSSR count). The summed E-state index contributed by atoms with van der Waals surface area (Å²) in [6.07, 6.45) is 0. The first-order valence-electron chi connectivity index (χ1n) is 9.32. The number of ether oxygens (including phenoxy) is 3. The minimum atomic E-state index is -0.212. The normalized spacial score (nSPS) is 12.6. The van der Waals surface area contributed by atoms with Gasteiger partial charge in [0.25, 0.3) is 0 Å². The highest BCUT2D eigenvalue weighted by Crippen LogP contribution is 2.31. The van der Waals surface area contributed by atoms with Crippen molar-refractivity contribution in [2.24, 2.45) is 0 Å². The van der Waals surface area contributed by atoms with Gasteiger partial charge in [0.1, 0.15) is 31.4 Å². The average molecular weight is 379 g/mol. The SMILES string of the molecule is Fc1ccc(CNCc2ccc(OCc3ccc4c(c3)OCCO4)cc2)cc1. The Morgan fingerprint density at radius 2 is 1.36 bits per heavy atom. The molecule has 0 atom stereocenters. The Morgan fingerprint density at radius 3 is 2.07 bits per heavy atom. The molecule has 0 unspecified atom stereocenters. The minimum Gasteiger partial charge on any atom is -0.489 e. The van der Waals surface area contributed by atoms with Crippen LogP contribution in [0, 0.1) is 5.82 Å². The predicted octanol–water partition coefficient (Wildman–Crippen LogP) is 4.47. The summed E-state index contributed by atoms with van der Waals surface area (Å²) in [5.41, 5.74) is 3.25. The quantitative estimate of drug-likeness (QED) is 0.658. The lowest BCUT2D eigenvalue weighted by molar-refractivity contribution is 0.171. The maximum atomic E-state index is 12.9. The summed E-state index contributed by atoms with van der Waals surface area (Å²) < 4.78 is 29.9. The van der Waals surface area contributed by atoms with Crippen molar-refractivity contribution in [2.45, 2.75) is 19.7 Å². The number of halogens is 1. The van der Waals surface area contributed by atoms with Crippen LogP contribution >= 0.6 is 0 Å². The Balaban J connectivity index is 1.25. The van der Waals surface area contributed by atoms with Gasteiger partial charge < -0.3 is 19.5 Å². The highest BCUT2D eigenvalue weighted by Gasteiger charge is 2.11. The molecule has 144 valence electrons. The Kier molecular flexibility index (Phi) is 5.73. The molecule has 3 aromatic rings. The predicted molar refractivity (Wildman–Crippen MR) is 105 cm³/mol. The first-order valence-corrected chi connectivity index (χ1v) is 9.32. The van der Waals surface area contributed by atoms with Gasteiger partial charge in [0, 0.05) is 13.1 Å². The van der Waals surface area contributed by atoms with E-state index in [9.17, 15) is 4.39 Å². The van der Waals surface area contributed by atoms with E-state index in [0.717, 1.165) is 40.5 Å². The van der Waals surface area contributed by atoms with Gasteiger partial charge in [-0.05, 0) is 53.1 Å². The maximum Gasteiger partial charge on any atom is 0.161 e. The van der Waals surface area contributed by atoms with Crippen LogP contribution in [-0.2, 0) is 19.7 Å². The lowest BCUT2D eigenvalue weighted by Crippen LogP contribution is -2.15. The number of nitrogens with one attached hydrogen (secondary N) is 1. The fourth-order valence-electron chi connectivity index (χ4n) is 3.00. The van der Waals surface area contributed by atoms with Crippen LogP contribution in [0.3, 0.4) is 0 Å². The van der Waals surface area contributed by atoms with Crippen molar-refractivity contribution < 1.29 is 18.6 Å². The van der Waals surface area contributed by atoms with Gasteiger partial charge in [-0.25, -0.2) is 4.39 Å². The zero-order chi connectivity index (χ0) is 19.2. The summed E-state index contributed by atoms with van der Waals surface area (Å²) in [5, 5.41) is 3.35. The standard InChI is InChI=1S/C23H22FNO3/c24-20-6-1-17(2-7-20)14-25-15-18-3-8-21(9-4-18)28-16-19-5-10-22-23(13-19)27-12-11-26-22/h1-10,13,25H,11-12,14-16H2. The smallest absolute Gasteiger partial charge is 0.161 e. The van der Waals surface area contributed by atoms with Crippen LogP contribution in [0.15, 0.2) is 66.7 Å². The number of hydrogen-bond acceptors (Lipinski definition) is 4. The van der Waals surface area contributed by atoms with Crippen molar-refractivity contribution in [3.8, 4) is 17.2 Å². The van der Waals surface area contributed by atoms with Crippen molar-refractivity contribution >= 4 is 0 Å². The van der Waals surface area contributed by atoms with Crippen LogP contribution in [0.4, 0.5) is 4.39 Å². The molecule has 0 spiro atoms. The molecule has 0 saturated carbocycles. The molecule has 0 aromatic heterocycles. The number of hydrogen-bond donors (Lipinski definition) is 1. The number of rotatable bonds is 7. The molecule has 5 heteroatoms. The fraction of sp³-hybridized carbons (Fsp3) is 0.217. The summed E-state index contributed by atoms with van der Waals surface area (Å²) in [5.74, 6) is 2.16. The van der Waals surface area contributed by atoms with Crippen molar-refractivity contribution in [1.82, 2.24) is 5.32 Å².